The van der Waals surface area contributed by atoms with Gasteiger partial charge in [-0.3, -0.25) is 9.78 Å². The van der Waals surface area contributed by atoms with Crippen molar-refractivity contribution >= 4 is 22.6 Å². The largest absolute Gasteiger partial charge is 0.380 e. The summed E-state index contributed by atoms with van der Waals surface area (Å²) in [5.74, 6) is -0.284. The van der Waals surface area contributed by atoms with E-state index in [4.69, 9.17) is 4.74 Å². The average molecular weight is 293 g/mol. The van der Waals surface area contributed by atoms with Crippen LogP contribution in [0.2, 0.25) is 0 Å². The minimum atomic E-state index is -0.284. The number of carbonyl (C=O) groups is 1. The van der Waals surface area contributed by atoms with Gasteiger partial charge in [-0.25, -0.2) is 4.98 Å². The van der Waals surface area contributed by atoms with Crippen molar-refractivity contribution in [3.8, 4) is 0 Å². The van der Waals surface area contributed by atoms with E-state index in [0.29, 0.717) is 17.8 Å². The van der Waals surface area contributed by atoms with Crippen LogP contribution < -0.4 is 5.32 Å². The second kappa shape index (κ2) is 6.32. The maximum Gasteiger partial charge on any atom is 0.275 e. The number of methoxy groups -OCH3 is 1. The Morgan fingerprint density at radius 2 is 1.95 bits per heavy atom. The van der Waals surface area contributed by atoms with Gasteiger partial charge < -0.3 is 10.1 Å². The summed E-state index contributed by atoms with van der Waals surface area (Å²) in [6.07, 6.45) is 1.48. The molecule has 110 valence electrons. The standard InChI is InChI=1S/C17H15N3O2/c1-22-11-12-5-4-6-13(9-12)19-17(21)16-10-18-14-7-2-3-8-15(14)20-16/h2-10H,11H2,1H3,(H,19,21). The summed E-state index contributed by atoms with van der Waals surface area (Å²) in [6.45, 7) is 0.499. The summed E-state index contributed by atoms with van der Waals surface area (Å²) in [7, 11) is 1.63. The van der Waals surface area contributed by atoms with Gasteiger partial charge in [-0.05, 0) is 29.8 Å². The molecule has 5 heteroatoms. The van der Waals surface area contributed by atoms with Gasteiger partial charge in [-0.15, -0.1) is 0 Å². The molecule has 0 unspecified atom stereocenters. The summed E-state index contributed by atoms with van der Waals surface area (Å²) in [6, 6.07) is 15.0. The third-order valence-corrected chi connectivity index (χ3v) is 3.18. The summed E-state index contributed by atoms with van der Waals surface area (Å²) >= 11 is 0. The molecule has 0 spiro atoms. The first-order valence-electron chi connectivity index (χ1n) is 6.87. The fourth-order valence-corrected chi connectivity index (χ4v) is 2.17. The summed E-state index contributed by atoms with van der Waals surface area (Å²) in [4.78, 5) is 20.9. The molecule has 1 N–H and O–H groups in total. The Kier molecular flexibility index (Phi) is 4.07. The molecule has 0 aliphatic heterocycles. The van der Waals surface area contributed by atoms with E-state index in [0.717, 1.165) is 11.1 Å². The molecule has 0 saturated heterocycles. The molecular weight excluding hydrogens is 278 g/mol. The van der Waals surface area contributed by atoms with E-state index in [1.165, 1.54) is 6.20 Å². The van der Waals surface area contributed by atoms with Gasteiger partial charge in [0.1, 0.15) is 5.69 Å². The number of para-hydroxylation sites is 2. The SMILES string of the molecule is COCc1cccc(NC(=O)c2cnc3ccccc3n2)c1. The third-order valence-electron chi connectivity index (χ3n) is 3.18. The zero-order valence-electron chi connectivity index (χ0n) is 12.1. The van der Waals surface area contributed by atoms with Crippen LogP contribution in [0.1, 0.15) is 16.1 Å². The predicted octanol–water partition coefficient (Wildman–Crippen LogP) is 3.03. The number of aromatic nitrogens is 2. The molecule has 2 aromatic carbocycles. The number of hydrogen-bond acceptors (Lipinski definition) is 4. The highest BCUT2D eigenvalue weighted by Gasteiger charge is 2.09. The van der Waals surface area contributed by atoms with E-state index in [-0.39, 0.29) is 11.6 Å². The van der Waals surface area contributed by atoms with Gasteiger partial charge in [0.25, 0.3) is 5.91 Å². The van der Waals surface area contributed by atoms with E-state index < -0.39 is 0 Å². The Balaban J connectivity index is 1.82. The number of nitrogens with zero attached hydrogens (tertiary/aromatic N) is 2. The Hall–Kier alpha value is -2.79. The quantitative estimate of drug-likeness (QED) is 0.803. The van der Waals surface area contributed by atoms with Gasteiger partial charge in [0.2, 0.25) is 0 Å². The molecule has 0 aliphatic carbocycles. The fraction of sp³-hybridized carbons (Fsp3) is 0.118. The van der Waals surface area contributed by atoms with Gasteiger partial charge in [0.15, 0.2) is 0 Å². The molecule has 1 heterocycles. The average Bonchev–Trinajstić information content (AvgIpc) is 2.55. The smallest absolute Gasteiger partial charge is 0.275 e. The molecular formula is C17H15N3O2. The first-order valence-corrected chi connectivity index (χ1v) is 6.87. The molecule has 3 aromatic rings. The van der Waals surface area contributed by atoms with Crippen LogP contribution in [0, 0.1) is 0 Å². The zero-order chi connectivity index (χ0) is 15.4. The van der Waals surface area contributed by atoms with Gasteiger partial charge >= 0.3 is 0 Å². The first kappa shape index (κ1) is 14.2. The van der Waals surface area contributed by atoms with Gasteiger partial charge in [-0.2, -0.15) is 0 Å². The molecule has 0 atom stereocenters. The minimum absolute atomic E-state index is 0.284. The summed E-state index contributed by atoms with van der Waals surface area (Å²) in [5, 5.41) is 2.82. The molecule has 0 radical (unpaired) electrons. The van der Waals surface area contributed by atoms with Crippen LogP contribution in [0.3, 0.4) is 0 Å². The lowest BCUT2D eigenvalue weighted by atomic mass is 10.2. The monoisotopic (exact) mass is 293 g/mol. The lowest BCUT2D eigenvalue weighted by Crippen LogP contribution is -2.14. The van der Waals surface area contributed by atoms with Crippen molar-refractivity contribution in [2.24, 2.45) is 0 Å². The van der Waals surface area contributed by atoms with E-state index in [1.54, 1.807) is 7.11 Å². The second-order valence-corrected chi connectivity index (χ2v) is 4.83. The normalized spacial score (nSPS) is 10.6. The van der Waals surface area contributed by atoms with Crippen LogP contribution in [0.15, 0.2) is 54.7 Å². The Labute approximate surface area is 128 Å². The lowest BCUT2D eigenvalue weighted by Gasteiger charge is -2.07. The highest BCUT2D eigenvalue weighted by molar-refractivity contribution is 6.03. The third kappa shape index (κ3) is 3.10. The topological polar surface area (TPSA) is 64.1 Å². The van der Waals surface area contributed by atoms with E-state index in [2.05, 4.69) is 15.3 Å². The Morgan fingerprint density at radius 3 is 2.77 bits per heavy atom. The molecule has 22 heavy (non-hydrogen) atoms. The number of nitrogens with one attached hydrogen (secondary N) is 1. The van der Waals surface area contributed by atoms with E-state index >= 15 is 0 Å². The summed E-state index contributed by atoms with van der Waals surface area (Å²) < 4.78 is 5.09. The highest BCUT2D eigenvalue weighted by Crippen LogP contribution is 2.14. The van der Waals surface area contributed by atoms with Crippen molar-refractivity contribution in [2.75, 3.05) is 12.4 Å². The number of hydrogen-bond donors (Lipinski definition) is 1. The van der Waals surface area contributed by atoms with Gasteiger partial charge in [-0.1, -0.05) is 24.3 Å². The number of benzene rings is 2. The minimum Gasteiger partial charge on any atom is -0.380 e. The number of fused-ring (bicyclic) bond motifs is 1. The van der Waals surface area contributed by atoms with Crippen molar-refractivity contribution in [1.82, 2.24) is 9.97 Å². The maximum absolute atomic E-state index is 12.3. The van der Waals surface area contributed by atoms with Crippen molar-refractivity contribution in [3.63, 3.8) is 0 Å². The van der Waals surface area contributed by atoms with Crippen LogP contribution in [0.4, 0.5) is 5.69 Å². The molecule has 0 fully saturated rings. The zero-order valence-corrected chi connectivity index (χ0v) is 12.1. The van der Waals surface area contributed by atoms with E-state index in [1.807, 2.05) is 48.5 Å². The summed E-state index contributed by atoms with van der Waals surface area (Å²) in [5.41, 5.74) is 3.44. The van der Waals surface area contributed by atoms with Gasteiger partial charge in [0, 0.05) is 12.8 Å². The van der Waals surface area contributed by atoms with Crippen molar-refractivity contribution < 1.29 is 9.53 Å². The van der Waals surface area contributed by atoms with Crippen LogP contribution in [-0.4, -0.2) is 23.0 Å². The number of carbonyl (C=O) groups excluding carboxylic acids is 1. The number of anilines is 1. The molecule has 0 aliphatic rings. The Morgan fingerprint density at radius 1 is 1.14 bits per heavy atom. The molecule has 5 nitrogen and oxygen atoms in total. The predicted molar refractivity (Wildman–Crippen MR) is 84.6 cm³/mol. The lowest BCUT2D eigenvalue weighted by molar-refractivity contribution is 0.102. The van der Waals surface area contributed by atoms with Crippen LogP contribution in [-0.2, 0) is 11.3 Å². The highest BCUT2D eigenvalue weighted by atomic mass is 16.5. The van der Waals surface area contributed by atoms with Crippen LogP contribution in [0.25, 0.3) is 11.0 Å². The molecule has 1 amide bonds. The van der Waals surface area contributed by atoms with Crippen LogP contribution in [0.5, 0.6) is 0 Å². The second-order valence-electron chi connectivity index (χ2n) is 4.83. The fourth-order valence-electron chi connectivity index (χ4n) is 2.17. The van der Waals surface area contributed by atoms with Crippen molar-refractivity contribution in [1.29, 1.82) is 0 Å². The molecule has 0 saturated carbocycles. The molecule has 1 aromatic heterocycles. The van der Waals surface area contributed by atoms with E-state index in [9.17, 15) is 4.79 Å². The number of ether oxygens (including phenoxy) is 1. The van der Waals surface area contributed by atoms with Gasteiger partial charge in [0.05, 0.1) is 23.8 Å². The molecule has 3 rings (SSSR count). The number of rotatable bonds is 4. The molecule has 0 bridgehead atoms. The van der Waals surface area contributed by atoms with Crippen molar-refractivity contribution in [3.05, 3.63) is 66.0 Å². The van der Waals surface area contributed by atoms with Crippen LogP contribution >= 0.6 is 0 Å². The van der Waals surface area contributed by atoms with Crippen molar-refractivity contribution in [2.45, 2.75) is 6.61 Å². The maximum atomic E-state index is 12.3. The number of amides is 1. The first-order chi connectivity index (χ1) is 10.8. The Bertz CT molecular complexity index is 818.